The molecule has 1 aliphatic rings. The summed E-state index contributed by atoms with van der Waals surface area (Å²) in [6, 6.07) is 3.41. The minimum absolute atomic E-state index is 0.190. The number of nitrogens with zero attached hydrogens (tertiary/aromatic N) is 2. The van der Waals surface area contributed by atoms with Crippen LogP contribution in [0.15, 0.2) is 24.4 Å². The van der Waals surface area contributed by atoms with Crippen LogP contribution in [-0.2, 0) is 0 Å². The van der Waals surface area contributed by atoms with Crippen LogP contribution < -0.4 is 14.8 Å². The minimum Gasteiger partial charge on any atom is -0.494 e. The van der Waals surface area contributed by atoms with Crippen LogP contribution in [0.4, 0.5) is 14.6 Å². The van der Waals surface area contributed by atoms with Crippen molar-refractivity contribution in [1.29, 1.82) is 0 Å². The number of ether oxygens (including phenoxy) is 2. The second-order valence-electron chi connectivity index (χ2n) is 6.49. The maximum absolute atomic E-state index is 15.4. The SMILES string of the molecule is [2H]C([2H])([2H])Oc1cc(OC([2H])([2H])[2H])c(F)c(-c2cc3cnc(Cl)cc3c(NCC3CC3)n2)c1F. The molecule has 2 heterocycles. The molecule has 0 amide bonds. The minimum atomic E-state index is -3.10. The monoisotopic (exact) mass is 411 g/mol. The molecule has 28 heavy (non-hydrogen) atoms. The van der Waals surface area contributed by atoms with Crippen molar-refractivity contribution in [2.45, 2.75) is 12.8 Å². The number of fused-ring (bicyclic) bond motifs is 1. The van der Waals surface area contributed by atoms with Gasteiger partial charge >= 0.3 is 0 Å². The number of halogens is 3. The number of methoxy groups -OCH3 is 2. The first kappa shape index (κ1) is 12.7. The summed E-state index contributed by atoms with van der Waals surface area (Å²) in [7, 11) is -6.19. The molecule has 0 unspecified atom stereocenters. The maximum atomic E-state index is 15.4. The summed E-state index contributed by atoms with van der Waals surface area (Å²) in [4.78, 5) is 8.33. The lowest BCUT2D eigenvalue weighted by atomic mass is 10.1. The Morgan fingerprint density at radius 3 is 2.54 bits per heavy atom. The predicted molar refractivity (Wildman–Crippen MR) is 104 cm³/mol. The van der Waals surface area contributed by atoms with Crippen LogP contribution in [0.25, 0.3) is 22.0 Å². The summed E-state index contributed by atoms with van der Waals surface area (Å²) in [6.07, 6.45) is 3.48. The Morgan fingerprint density at radius 1 is 1.18 bits per heavy atom. The highest BCUT2D eigenvalue weighted by molar-refractivity contribution is 6.30. The average Bonchev–Trinajstić information content (AvgIpc) is 3.53. The molecule has 3 aromatic rings. The van der Waals surface area contributed by atoms with Gasteiger partial charge < -0.3 is 14.8 Å². The first-order chi connectivity index (χ1) is 15.8. The van der Waals surface area contributed by atoms with Crippen LogP contribution in [0.1, 0.15) is 21.1 Å². The van der Waals surface area contributed by atoms with E-state index in [1.165, 1.54) is 12.3 Å². The molecule has 8 heteroatoms. The molecule has 1 N–H and O–H groups in total. The van der Waals surface area contributed by atoms with Gasteiger partial charge in [-0.3, -0.25) is 0 Å². The molecule has 1 saturated carbocycles. The van der Waals surface area contributed by atoms with E-state index in [-0.39, 0.29) is 16.7 Å². The smallest absolute Gasteiger partial charge is 0.177 e. The zero-order valence-corrected chi connectivity index (χ0v) is 15.1. The molecular formula is C20H18ClF2N3O2. The molecule has 1 aromatic carbocycles. The van der Waals surface area contributed by atoms with E-state index in [4.69, 9.17) is 19.8 Å². The molecule has 146 valence electrons. The Balaban J connectivity index is 1.92. The van der Waals surface area contributed by atoms with E-state index in [1.807, 2.05) is 0 Å². The Kier molecular flexibility index (Phi) is 3.36. The third-order valence-corrected chi connectivity index (χ3v) is 4.75. The molecule has 5 nitrogen and oxygen atoms in total. The zero-order chi connectivity index (χ0) is 24.8. The van der Waals surface area contributed by atoms with E-state index in [1.54, 1.807) is 6.07 Å². The lowest BCUT2D eigenvalue weighted by Crippen LogP contribution is -2.07. The number of hydrogen-bond acceptors (Lipinski definition) is 5. The van der Waals surface area contributed by atoms with Gasteiger partial charge in [-0.05, 0) is 30.9 Å². The molecule has 2 aromatic heterocycles. The number of rotatable bonds is 6. The van der Waals surface area contributed by atoms with Crippen LogP contribution in [0.5, 0.6) is 11.5 Å². The molecule has 0 radical (unpaired) electrons. The van der Waals surface area contributed by atoms with Gasteiger partial charge in [0.25, 0.3) is 0 Å². The van der Waals surface area contributed by atoms with E-state index in [2.05, 4.69) is 24.8 Å². The second-order valence-corrected chi connectivity index (χ2v) is 6.88. The van der Waals surface area contributed by atoms with Crippen LogP contribution in [0.2, 0.25) is 5.15 Å². The number of nitrogens with one attached hydrogen (secondary N) is 1. The molecule has 0 saturated heterocycles. The van der Waals surface area contributed by atoms with Crippen molar-refractivity contribution in [1.82, 2.24) is 9.97 Å². The van der Waals surface area contributed by atoms with E-state index < -0.39 is 42.8 Å². The first-order valence-electron chi connectivity index (χ1n) is 11.4. The van der Waals surface area contributed by atoms with Crippen LogP contribution in [-0.4, -0.2) is 30.6 Å². The summed E-state index contributed by atoms with van der Waals surface area (Å²) in [5.41, 5.74) is -1.07. The van der Waals surface area contributed by atoms with Gasteiger partial charge in [-0.15, -0.1) is 0 Å². The third-order valence-electron chi connectivity index (χ3n) is 4.55. The highest BCUT2D eigenvalue weighted by atomic mass is 35.5. The van der Waals surface area contributed by atoms with Gasteiger partial charge in [0.05, 0.1) is 33.6 Å². The van der Waals surface area contributed by atoms with Crippen molar-refractivity contribution in [3.05, 3.63) is 41.2 Å². The Bertz CT molecular complexity index is 1210. The number of pyridine rings is 2. The van der Waals surface area contributed by atoms with Gasteiger partial charge in [0.1, 0.15) is 11.0 Å². The Morgan fingerprint density at radius 2 is 1.89 bits per heavy atom. The molecule has 0 atom stereocenters. The number of aromatic nitrogens is 2. The fraction of sp³-hybridized carbons (Fsp3) is 0.300. The van der Waals surface area contributed by atoms with Crippen molar-refractivity contribution < 1.29 is 26.5 Å². The Hall–Kier alpha value is -2.67. The van der Waals surface area contributed by atoms with Crippen molar-refractivity contribution in [3.63, 3.8) is 0 Å². The maximum Gasteiger partial charge on any atom is 0.177 e. The number of benzene rings is 1. The normalized spacial score (nSPS) is 17.7. The van der Waals surface area contributed by atoms with Crippen molar-refractivity contribution in [3.8, 4) is 22.8 Å². The van der Waals surface area contributed by atoms with Gasteiger partial charge in [-0.1, -0.05) is 11.6 Å². The van der Waals surface area contributed by atoms with Crippen LogP contribution in [0, 0.1) is 17.6 Å². The topological polar surface area (TPSA) is 56.3 Å². The van der Waals surface area contributed by atoms with E-state index >= 15 is 8.78 Å². The van der Waals surface area contributed by atoms with Gasteiger partial charge in [0.2, 0.25) is 0 Å². The largest absolute Gasteiger partial charge is 0.494 e. The van der Waals surface area contributed by atoms with Crippen molar-refractivity contribution in [2.24, 2.45) is 5.92 Å². The molecule has 1 fully saturated rings. The first-order valence-corrected chi connectivity index (χ1v) is 8.79. The lowest BCUT2D eigenvalue weighted by Gasteiger charge is -2.15. The zero-order valence-electron chi connectivity index (χ0n) is 20.4. The van der Waals surface area contributed by atoms with Crippen molar-refractivity contribution >= 4 is 28.2 Å². The number of anilines is 1. The van der Waals surface area contributed by atoms with E-state index in [9.17, 15) is 0 Å². The van der Waals surface area contributed by atoms with E-state index in [0.717, 1.165) is 12.8 Å². The van der Waals surface area contributed by atoms with Crippen LogP contribution >= 0.6 is 11.6 Å². The average molecular weight is 412 g/mol. The summed E-state index contributed by atoms with van der Waals surface area (Å²) in [5, 5.41) is 4.33. The molecule has 0 aliphatic heterocycles. The Labute approximate surface area is 174 Å². The van der Waals surface area contributed by atoms with Crippen LogP contribution in [0.3, 0.4) is 0 Å². The fourth-order valence-electron chi connectivity index (χ4n) is 2.91. The van der Waals surface area contributed by atoms with Crippen molar-refractivity contribution in [2.75, 3.05) is 25.9 Å². The fourth-order valence-corrected chi connectivity index (χ4v) is 3.07. The van der Waals surface area contributed by atoms with Gasteiger partial charge in [-0.2, -0.15) is 0 Å². The predicted octanol–water partition coefficient (Wildman–Crippen LogP) is 5.07. The summed E-state index contributed by atoms with van der Waals surface area (Å²) < 4.78 is 83.6. The lowest BCUT2D eigenvalue weighted by molar-refractivity contribution is 0.359. The second kappa shape index (κ2) is 7.39. The molecule has 0 spiro atoms. The molecule has 4 rings (SSSR count). The van der Waals surface area contributed by atoms with Gasteiger partial charge in [0.15, 0.2) is 23.1 Å². The molecule has 1 aliphatic carbocycles. The summed E-state index contributed by atoms with van der Waals surface area (Å²) in [5.74, 6) is -3.87. The van der Waals surface area contributed by atoms with Gasteiger partial charge in [-0.25, -0.2) is 18.7 Å². The van der Waals surface area contributed by atoms with Gasteiger partial charge in [0, 0.05) is 29.6 Å². The third kappa shape index (κ3) is 3.42. The quantitative estimate of drug-likeness (QED) is 0.574. The summed E-state index contributed by atoms with van der Waals surface area (Å²) >= 11 is 6.01. The standard InChI is InChI=1S/C20H18ClF2N3O2/c1-27-14-7-15(28-2)19(23)17(18(14)22)13-5-11-9-24-16(21)6-12(11)20(26-13)25-8-10-3-4-10/h5-7,9-10H,3-4,8H2,1-2H3,(H,25,26)/i1D3,2D3. The number of hydrogen-bond donors (Lipinski definition) is 1. The molecular weight excluding hydrogens is 388 g/mol. The summed E-state index contributed by atoms with van der Waals surface area (Å²) in [6.45, 7) is 0.575. The highest BCUT2D eigenvalue weighted by Gasteiger charge is 2.25. The molecule has 0 bridgehead atoms. The highest BCUT2D eigenvalue weighted by Crippen LogP contribution is 2.39. The van der Waals surface area contributed by atoms with E-state index in [0.29, 0.717) is 29.3 Å².